The van der Waals surface area contributed by atoms with Crippen molar-refractivity contribution < 1.29 is 19.0 Å². The van der Waals surface area contributed by atoms with Crippen molar-refractivity contribution in [1.82, 2.24) is 14.5 Å². The molecule has 0 saturated carbocycles. The smallest absolute Gasteiger partial charge is 0.330 e. The maximum atomic E-state index is 13.7. The second-order valence-electron chi connectivity index (χ2n) is 5.77. The lowest BCUT2D eigenvalue weighted by molar-refractivity contribution is -0.0358. The third-order valence-corrected chi connectivity index (χ3v) is 4.19. The van der Waals surface area contributed by atoms with Crippen molar-refractivity contribution in [1.29, 1.82) is 0 Å². The van der Waals surface area contributed by atoms with E-state index in [0.717, 1.165) is 0 Å². The highest BCUT2D eigenvalue weighted by Crippen LogP contribution is 2.29. The van der Waals surface area contributed by atoms with Gasteiger partial charge in [-0.3, -0.25) is 19.2 Å². The van der Waals surface area contributed by atoms with Crippen molar-refractivity contribution in [3.63, 3.8) is 0 Å². The summed E-state index contributed by atoms with van der Waals surface area (Å²) < 4.78 is 25.5. The zero-order valence-electron chi connectivity index (χ0n) is 12.6. The first-order chi connectivity index (χ1) is 11.1. The molecular weight excluding hydrogens is 309 g/mol. The molecule has 2 saturated heterocycles. The fraction of sp³-hybridized carbons (Fsp3) is 0.714. The van der Waals surface area contributed by atoms with Crippen LogP contribution in [0.25, 0.3) is 0 Å². The summed E-state index contributed by atoms with van der Waals surface area (Å²) >= 11 is 0. The van der Waals surface area contributed by atoms with Crippen molar-refractivity contribution >= 4 is 0 Å². The summed E-state index contributed by atoms with van der Waals surface area (Å²) in [6.07, 6.45) is -1.72. The van der Waals surface area contributed by atoms with Crippen LogP contribution in [0.2, 0.25) is 0 Å². The molecule has 8 nitrogen and oxygen atoms in total. The minimum atomic E-state index is -1.34. The van der Waals surface area contributed by atoms with Gasteiger partial charge in [0.15, 0.2) is 0 Å². The Morgan fingerprint density at radius 1 is 1.35 bits per heavy atom. The number of aromatic amines is 1. The molecule has 2 aliphatic rings. The first-order valence-corrected chi connectivity index (χ1v) is 7.63. The number of nitrogens with one attached hydrogen (secondary N) is 1. The van der Waals surface area contributed by atoms with Gasteiger partial charge in [0.05, 0.1) is 19.8 Å². The van der Waals surface area contributed by atoms with Gasteiger partial charge in [-0.2, -0.15) is 0 Å². The lowest BCUT2D eigenvalue weighted by Crippen LogP contribution is -2.40. The van der Waals surface area contributed by atoms with Crippen LogP contribution in [0.4, 0.5) is 4.39 Å². The van der Waals surface area contributed by atoms with E-state index in [0.29, 0.717) is 38.4 Å². The second-order valence-corrected chi connectivity index (χ2v) is 5.77. The molecule has 0 aromatic carbocycles. The lowest BCUT2D eigenvalue weighted by Gasteiger charge is -2.26. The summed E-state index contributed by atoms with van der Waals surface area (Å²) in [5.41, 5.74) is -0.680. The molecule has 2 N–H and O–H groups in total. The topological polar surface area (TPSA) is 96.8 Å². The summed E-state index contributed by atoms with van der Waals surface area (Å²) in [7, 11) is 0. The first-order valence-electron chi connectivity index (χ1n) is 7.63. The highest BCUT2D eigenvalue weighted by Gasteiger charge is 2.36. The Morgan fingerprint density at radius 3 is 2.74 bits per heavy atom. The van der Waals surface area contributed by atoms with Gasteiger partial charge in [0.2, 0.25) is 0 Å². The Labute approximate surface area is 131 Å². The Morgan fingerprint density at radius 2 is 2.09 bits per heavy atom. The molecule has 1 aromatic heterocycles. The number of rotatable bonds is 4. The Hall–Kier alpha value is -1.55. The van der Waals surface area contributed by atoms with Crippen LogP contribution < -0.4 is 11.2 Å². The minimum Gasteiger partial charge on any atom is -0.394 e. The molecular formula is C14H20FN3O5. The Balaban J connectivity index is 1.82. The summed E-state index contributed by atoms with van der Waals surface area (Å²) in [5.74, 6) is 0. The van der Waals surface area contributed by atoms with Crippen LogP contribution in [0, 0.1) is 0 Å². The van der Waals surface area contributed by atoms with Crippen LogP contribution in [0.1, 0.15) is 18.2 Å². The summed E-state index contributed by atoms with van der Waals surface area (Å²) in [5, 5.41) is 9.06. The molecule has 0 bridgehead atoms. The van der Waals surface area contributed by atoms with Gasteiger partial charge in [-0.15, -0.1) is 0 Å². The van der Waals surface area contributed by atoms with E-state index in [-0.39, 0.29) is 6.42 Å². The molecule has 9 heteroatoms. The van der Waals surface area contributed by atoms with Gasteiger partial charge < -0.3 is 14.6 Å². The number of hydrogen-bond acceptors (Lipinski definition) is 6. The van der Waals surface area contributed by atoms with Crippen molar-refractivity contribution in [2.45, 2.75) is 31.5 Å². The van der Waals surface area contributed by atoms with E-state index in [4.69, 9.17) is 14.6 Å². The minimum absolute atomic E-state index is 0.0336. The van der Waals surface area contributed by atoms with Crippen LogP contribution in [0.3, 0.4) is 0 Å². The van der Waals surface area contributed by atoms with Crippen LogP contribution in [0.5, 0.6) is 0 Å². The molecule has 3 atom stereocenters. The number of H-pyrrole nitrogens is 1. The number of ether oxygens (including phenoxy) is 2. The Kier molecular flexibility index (Phi) is 4.90. The standard InChI is InChI=1S/C14H20FN3O5/c15-10-5-12(23-11(10)8-19)18-7-9(13(20)16-14(18)21)6-17-1-3-22-4-2-17/h7,10-12,19H,1-6,8H2,(H,16,20,21)/t10?,11-,12-/m1/s1. The summed E-state index contributed by atoms with van der Waals surface area (Å²) in [6.45, 7) is 2.55. The van der Waals surface area contributed by atoms with Crippen molar-refractivity contribution in [2.75, 3.05) is 32.9 Å². The van der Waals surface area contributed by atoms with Gasteiger partial charge in [-0.05, 0) is 0 Å². The molecule has 2 aliphatic heterocycles. The predicted molar refractivity (Wildman–Crippen MR) is 77.9 cm³/mol. The Bertz CT molecular complexity index is 655. The van der Waals surface area contributed by atoms with Crippen LogP contribution in [-0.2, 0) is 16.0 Å². The zero-order valence-corrected chi connectivity index (χ0v) is 12.6. The fourth-order valence-electron chi connectivity index (χ4n) is 2.88. The van der Waals surface area contributed by atoms with E-state index in [1.807, 2.05) is 4.90 Å². The maximum Gasteiger partial charge on any atom is 0.330 e. The van der Waals surface area contributed by atoms with E-state index in [1.54, 1.807) is 0 Å². The van der Waals surface area contributed by atoms with Gasteiger partial charge in [0.25, 0.3) is 5.56 Å². The van der Waals surface area contributed by atoms with Gasteiger partial charge >= 0.3 is 5.69 Å². The van der Waals surface area contributed by atoms with Crippen molar-refractivity contribution in [3.05, 3.63) is 32.6 Å². The molecule has 0 amide bonds. The quantitative estimate of drug-likeness (QED) is 0.734. The van der Waals surface area contributed by atoms with Crippen LogP contribution in [-0.4, -0.2) is 64.7 Å². The number of morpholine rings is 1. The fourth-order valence-corrected chi connectivity index (χ4v) is 2.88. The molecule has 1 aromatic rings. The molecule has 0 radical (unpaired) electrons. The molecule has 0 spiro atoms. The van der Waals surface area contributed by atoms with E-state index < -0.39 is 36.4 Å². The van der Waals surface area contributed by atoms with Crippen molar-refractivity contribution in [2.24, 2.45) is 0 Å². The summed E-state index contributed by atoms with van der Waals surface area (Å²) in [4.78, 5) is 28.3. The molecule has 3 rings (SSSR count). The largest absolute Gasteiger partial charge is 0.394 e. The lowest BCUT2D eigenvalue weighted by atomic mass is 10.2. The normalized spacial score (nSPS) is 29.0. The highest BCUT2D eigenvalue weighted by atomic mass is 19.1. The van der Waals surface area contributed by atoms with E-state index >= 15 is 0 Å². The molecule has 23 heavy (non-hydrogen) atoms. The number of aromatic nitrogens is 2. The van der Waals surface area contributed by atoms with Crippen molar-refractivity contribution in [3.8, 4) is 0 Å². The predicted octanol–water partition coefficient (Wildman–Crippen LogP) is -1.01. The van der Waals surface area contributed by atoms with Gasteiger partial charge in [0, 0.05) is 37.8 Å². The molecule has 2 fully saturated rings. The first kappa shape index (κ1) is 16.3. The van der Waals surface area contributed by atoms with Crippen LogP contribution >= 0.6 is 0 Å². The molecule has 0 aliphatic carbocycles. The maximum absolute atomic E-state index is 13.7. The number of alkyl halides is 1. The number of aliphatic hydroxyl groups excluding tert-OH is 1. The SMILES string of the molecule is O=c1[nH]c(=O)n([C@H]2CC(F)[C@@H](CO)O2)cc1CN1CCOCC1. The number of halogens is 1. The second kappa shape index (κ2) is 6.91. The average molecular weight is 329 g/mol. The van der Waals surface area contributed by atoms with Gasteiger partial charge in [-0.1, -0.05) is 0 Å². The van der Waals surface area contributed by atoms with E-state index in [9.17, 15) is 14.0 Å². The number of nitrogens with zero attached hydrogens (tertiary/aromatic N) is 2. The van der Waals surface area contributed by atoms with Gasteiger partial charge in [-0.25, -0.2) is 9.18 Å². The highest BCUT2D eigenvalue weighted by molar-refractivity contribution is 5.05. The van der Waals surface area contributed by atoms with E-state index in [1.165, 1.54) is 10.8 Å². The average Bonchev–Trinajstić information content (AvgIpc) is 2.91. The number of aliphatic hydroxyl groups is 1. The monoisotopic (exact) mass is 329 g/mol. The third kappa shape index (κ3) is 3.52. The van der Waals surface area contributed by atoms with Gasteiger partial charge in [0.1, 0.15) is 18.5 Å². The number of hydrogen-bond donors (Lipinski definition) is 2. The molecule has 128 valence electrons. The molecule has 3 heterocycles. The third-order valence-electron chi connectivity index (χ3n) is 4.19. The molecule has 1 unspecified atom stereocenters. The summed E-state index contributed by atoms with van der Waals surface area (Å²) in [6, 6.07) is 0. The van der Waals surface area contributed by atoms with E-state index in [2.05, 4.69) is 4.98 Å². The van der Waals surface area contributed by atoms with Crippen LogP contribution in [0.15, 0.2) is 15.8 Å². The zero-order chi connectivity index (χ0) is 16.4.